The second-order valence-corrected chi connectivity index (χ2v) is 5.64. The molecule has 2 atom stereocenters. The van der Waals surface area contributed by atoms with Gasteiger partial charge >= 0.3 is 0 Å². The highest BCUT2D eigenvalue weighted by atomic mass is 32.2. The lowest BCUT2D eigenvalue weighted by atomic mass is 9.97. The molecule has 2 unspecified atom stereocenters. The van der Waals surface area contributed by atoms with E-state index in [0.29, 0.717) is 11.3 Å². The molecule has 2 rings (SSSR count). The van der Waals surface area contributed by atoms with Crippen LogP contribution in [0, 0.1) is 0 Å². The average Bonchev–Trinajstić information content (AvgIpc) is 2.40. The van der Waals surface area contributed by atoms with E-state index in [2.05, 4.69) is 0 Å². The first-order valence-corrected chi connectivity index (χ1v) is 6.04. The van der Waals surface area contributed by atoms with E-state index in [1.165, 1.54) is 6.92 Å². The maximum Gasteiger partial charge on any atom is 0.278 e. The zero-order valence-electron chi connectivity index (χ0n) is 8.47. The molecule has 1 N–H and O–H groups in total. The van der Waals surface area contributed by atoms with E-state index in [1.54, 1.807) is 31.2 Å². The Kier molecular flexibility index (Phi) is 3.04. The van der Waals surface area contributed by atoms with Gasteiger partial charge in [-0.2, -0.15) is 8.42 Å². The highest BCUT2D eigenvalue weighted by molar-refractivity contribution is 7.86. The predicted molar refractivity (Wildman–Crippen MR) is 62.2 cm³/mol. The predicted octanol–water partition coefficient (Wildman–Crippen LogP) is 2.21. The fourth-order valence-corrected chi connectivity index (χ4v) is 2.76. The maximum atomic E-state index is 11.4. The fourth-order valence-electron chi connectivity index (χ4n) is 1.85. The van der Waals surface area contributed by atoms with Crippen LogP contribution in [0.4, 0.5) is 0 Å². The van der Waals surface area contributed by atoms with Gasteiger partial charge in [-0.1, -0.05) is 25.6 Å². The molecular formula is C11H16O4S. The van der Waals surface area contributed by atoms with Crippen LogP contribution in [0.5, 0.6) is 5.75 Å². The van der Waals surface area contributed by atoms with Gasteiger partial charge in [0.1, 0.15) is 11.9 Å². The van der Waals surface area contributed by atoms with E-state index in [-0.39, 0.29) is 7.43 Å². The Bertz CT molecular complexity index is 494. The summed E-state index contributed by atoms with van der Waals surface area (Å²) in [5.41, 5.74) is 0.514. The van der Waals surface area contributed by atoms with Crippen molar-refractivity contribution in [2.24, 2.45) is 0 Å². The Labute approximate surface area is 96.0 Å². The molecule has 0 spiro atoms. The first kappa shape index (κ1) is 13.0. The van der Waals surface area contributed by atoms with E-state index < -0.39 is 21.0 Å². The smallest absolute Gasteiger partial charge is 0.278 e. The van der Waals surface area contributed by atoms with Crippen molar-refractivity contribution in [2.75, 3.05) is 0 Å². The Balaban J connectivity index is 0.00000128. The molecule has 0 bridgehead atoms. The molecule has 4 nitrogen and oxygen atoms in total. The number of fused-ring (bicyclic) bond motifs is 1. The van der Waals surface area contributed by atoms with Gasteiger partial charge < -0.3 is 4.74 Å². The highest BCUT2D eigenvalue weighted by Gasteiger charge is 2.52. The lowest BCUT2D eigenvalue weighted by molar-refractivity contribution is 0.207. The SMILES string of the molecule is C.CC1Oc2ccccc2C1(C)S(=O)(=O)O. The van der Waals surface area contributed by atoms with Crippen molar-refractivity contribution < 1.29 is 17.7 Å². The van der Waals surface area contributed by atoms with Crippen molar-refractivity contribution in [1.29, 1.82) is 0 Å². The molecule has 0 fully saturated rings. The molecule has 0 aliphatic carbocycles. The minimum Gasteiger partial charge on any atom is -0.488 e. The summed E-state index contributed by atoms with van der Waals surface area (Å²) in [4.78, 5) is 0. The topological polar surface area (TPSA) is 63.6 Å². The third-order valence-corrected chi connectivity index (χ3v) is 4.66. The van der Waals surface area contributed by atoms with Crippen molar-refractivity contribution >= 4 is 10.1 Å². The standard InChI is InChI=1S/C10H12O4S.CH4/c1-7-10(2,15(11,12)13)8-5-3-4-6-9(8)14-7;/h3-7H,1-2H3,(H,11,12,13);1H4. The van der Waals surface area contributed by atoms with Gasteiger partial charge in [0, 0.05) is 5.56 Å². The molecule has 90 valence electrons. The Hall–Kier alpha value is -1.07. The number of para-hydroxylation sites is 1. The van der Waals surface area contributed by atoms with E-state index in [9.17, 15) is 13.0 Å². The number of rotatable bonds is 1. The molecule has 0 saturated heterocycles. The van der Waals surface area contributed by atoms with Crippen molar-refractivity contribution in [3.05, 3.63) is 29.8 Å². The number of benzene rings is 1. The molecule has 0 amide bonds. The van der Waals surface area contributed by atoms with Gasteiger partial charge in [0.15, 0.2) is 4.75 Å². The lowest BCUT2D eigenvalue weighted by Crippen LogP contribution is -2.40. The Morgan fingerprint density at radius 2 is 1.94 bits per heavy atom. The van der Waals surface area contributed by atoms with Crippen LogP contribution >= 0.6 is 0 Å². The molecule has 1 aliphatic heterocycles. The summed E-state index contributed by atoms with van der Waals surface area (Å²) in [6.45, 7) is 3.10. The summed E-state index contributed by atoms with van der Waals surface area (Å²) >= 11 is 0. The van der Waals surface area contributed by atoms with E-state index in [1.807, 2.05) is 0 Å². The molecular weight excluding hydrogens is 228 g/mol. The maximum absolute atomic E-state index is 11.4. The normalized spacial score (nSPS) is 27.8. The summed E-state index contributed by atoms with van der Waals surface area (Å²) in [6.07, 6.45) is -0.593. The average molecular weight is 244 g/mol. The lowest BCUT2D eigenvalue weighted by Gasteiger charge is -2.23. The van der Waals surface area contributed by atoms with Crippen molar-refractivity contribution in [1.82, 2.24) is 0 Å². The molecule has 1 aromatic carbocycles. The molecule has 5 heteroatoms. The van der Waals surface area contributed by atoms with Crippen LogP contribution in [0.15, 0.2) is 24.3 Å². The molecule has 0 radical (unpaired) electrons. The second-order valence-electron chi connectivity index (χ2n) is 3.84. The molecule has 1 heterocycles. The number of hydrogen-bond donors (Lipinski definition) is 1. The van der Waals surface area contributed by atoms with Crippen molar-refractivity contribution in [3.8, 4) is 5.75 Å². The Morgan fingerprint density at radius 3 is 2.50 bits per heavy atom. The van der Waals surface area contributed by atoms with Crippen LogP contribution in [0.1, 0.15) is 26.8 Å². The largest absolute Gasteiger partial charge is 0.488 e. The molecule has 0 saturated carbocycles. The van der Waals surface area contributed by atoms with Gasteiger partial charge in [-0.3, -0.25) is 4.55 Å². The summed E-state index contributed by atoms with van der Waals surface area (Å²) in [5.74, 6) is 0.519. The van der Waals surface area contributed by atoms with Gasteiger partial charge in [0.25, 0.3) is 10.1 Å². The summed E-state index contributed by atoms with van der Waals surface area (Å²) in [5, 5.41) is 0. The zero-order valence-corrected chi connectivity index (χ0v) is 9.28. The zero-order chi connectivity index (χ0) is 11.3. The van der Waals surface area contributed by atoms with E-state index in [4.69, 9.17) is 4.74 Å². The first-order valence-electron chi connectivity index (χ1n) is 4.60. The van der Waals surface area contributed by atoms with Crippen LogP contribution in [-0.4, -0.2) is 19.1 Å². The van der Waals surface area contributed by atoms with Gasteiger partial charge in [-0.15, -0.1) is 0 Å². The molecule has 1 aliphatic rings. The number of ether oxygens (including phenoxy) is 1. The van der Waals surface area contributed by atoms with Crippen molar-refractivity contribution in [3.63, 3.8) is 0 Å². The van der Waals surface area contributed by atoms with E-state index >= 15 is 0 Å². The monoisotopic (exact) mass is 244 g/mol. The van der Waals surface area contributed by atoms with Crippen LogP contribution in [0.2, 0.25) is 0 Å². The number of hydrogen-bond acceptors (Lipinski definition) is 3. The van der Waals surface area contributed by atoms with Crippen LogP contribution in [-0.2, 0) is 14.9 Å². The molecule has 0 aromatic heterocycles. The second kappa shape index (κ2) is 3.75. The van der Waals surface area contributed by atoms with Gasteiger partial charge in [-0.05, 0) is 19.9 Å². The quantitative estimate of drug-likeness (QED) is 0.769. The minimum atomic E-state index is -4.19. The third kappa shape index (κ3) is 1.51. The Morgan fingerprint density at radius 1 is 1.38 bits per heavy atom. The van der Waals surface area contributed by atoms with Gasteiger partial charge in [0.05, 0.1) is 0 Å². The summed E-state index contributed by atoms with van der Waals surface area (Å²) < 4.78 is 36.1. The molecule has 1 aromatic rings. The summed E-state index contributed by atoms with van der Waals surface area (Å²) in [7, 11) is -4.19. The fraction of sp³-hybridized carbons (Fsp3) is 0.455. The van der Waals surface area contributed by atoms with Gasteiger partial charge in [-0.25, -0.2) is 0 Å². The first-order chi connectivity index (χ1) is 6.87. The van der Waals surface area contributed by atoms with Gasteiger partial charge in [0.2, 0.25) is 0 Å². The van der Waals surface area contributed by atoms with Crippen LogP contribution in [0.3, 0.4) is 0 Å². The van der Waals surface area contributed by atoms with Crippen LogP contribution < -0.4 is 4.74 Å². The summed E-state index contributed by atoms with van der Waals surface area (Å²) in [6, 6.07) is 6.85. The van der Waals surface area contributed by atoms with Crippen molar-refractivity contribution in [2.45, 2.75) is 32.1 Å². The third-order valence-electron chi connectivity index (χ3n) is 3.04. The van der Waals surface area contributed by atoms with E-state index in [0.717, 1.165) is 0 Å². The minimum absolute atomic E-state index is 0. The van der Waals surface area contributed by atoms with Crippen LogP contribution in [0.25, 0.3) is 0 Å². The highest BCUT2D eigenvalue weighted by Crippen LogP contribution is 2.45. The molecule has 16 heavy (non-hydrogen) atoms.